The molecule has 4 aromatic rings. The highest BCUT2D eigenvalue weighted by molar-refractivity contribution is 5.84. The number of nitrogens with zero attached hydrogens (tertiary/aromatic N) is 3. The number of fused-ring (bicyclic) bond motifs is 1. The highest BCUT2D eigenvalue weighted by atomic mass is 15.2. The van der Waals surface area contributed by atoms with Gasteiger partial charge >= 0.3 is 0 Å². The number of nitrogens with one attached hydrogen (secondary N) is 4. The largest absolute Gasteiger partial charge is 0.361 e. The van der Waals surface area contributed by atoms with Crippen LogP contribution in [0.4, 0.5) is 0 Å². The van der Waals surface area contributed by atoms with Gasteiger partial charge in [-0.2, -0.15) is 5.10 Å². The van der Waals surface area contributed by atoms with Gasteiger partial charge in [0.15, 0.2) is 11.8 Å². The van der Waals surface area contributed by atoms with Gasteiger partial charge in [-0.25, -0.2) is 9.98 Å². The molecule has 2 aromatic heterocycles. The van der Waals surface area contributed by atoms with E-state index in [4.69, 9.17) is 4.99 Å². The highest BCUT2D eigenvalue weighted by Gasteiger charge is 2.05. The van der Waals surface area contributed by atoms with E-state index in [0.717, 1.165) is 42.4 Å². The molecule has 4 rings (SSSR count). The quantitative estimate of drug-likeness (QED) is 0.281. The van der Waals surface area contributed by atoms with Crippen LogP contribution in [0, 0.1) is 6.92 Å². The zero-order chi connectivity index (χ0) is 20.8. The molecule has 0 radical (unpaired) electrons. The van der Waals surface area contributed by atoms with Gasteiger partial charge in [0, 0.05) is 35.8 Å². The maximum Gasteiger partial charge on any atom is 0.191 e. The first-order valence-corrected chi connectivity index (χ1v) is 10.3. The molecule has 0 aliphatic carbocycles. The molecule has 0 atom stereocenters. The smallest absolute Gasteiger partial charge is 0.191 e. The average molecular weight is 402 g/mol. The number of aromatic amines is 2. The van der Waals surface area contributed by atoms with Crippen LogP contribution < -0.4 is 10.6 Å². The molecule has 0 bridgehead atoms. The summed E-state index contributed by atoms with van der Waals surface area (Å²) in [6.45, 7) is 6.40. The number of guanidine groups is 1. The molecule has 30 heavy (non-hydrogen) atoms. The maximum atomic E-state index is 4.74. The Morgan fingerprint density at radius 1 is 1.13 bits per heavy atom. The fraction of sp³-hybridized carbons (Fsp3) is 0.261. The van der Waals surface area contributed by atoms with Gasteiger partial charge in [0.25, 0.3) is 0 Å². The molecular weight excluding hydrogens is 374 g/mol. The fourth-order valence-corrected chi connectivity index (χ4v) is 3.50. The first-order chi connectivity index (χ1) is 14.7. The summed E-state index contributed by atoms with van der Waals surface area (Å²) in [6, 6.07) is 14.7. The second-order valence-electron chi connectivity index (χ2n) is 7.27. The number of rotatable bonds is 7. The number of hydrogen-bond acceptors (Lipinski definition) is 3. The van der Waals surface area contributed by atoms with Gasteiger partial charge in [0.1, 0.15) is 6.33 Å². The van der Waals surface area contributed by atoms with Crippen molar-refractivity contribution >= 4 is 16.9 Å². The van der Waals surface area contributed by atoms with E-state index in [1.807, 2.05) is 12.1 Å². The molecule has 0 saturated carbocycles. The summed E-state index contributed by atoms with van der Waals surface area (Å²) in [5.74, 6) is 1.58. The maximum absolute atomic E-state index is 4.74. The Balaban J connectivity index is 1.38. The summed E-state index contributed by atoms with van der Waals surface area (Å²) in [4.78, 5) is 12.3. The lowest BCUT2D eigenvalue weighted by molar-refractivity contribution is 0.801. The highest BCUT2D eigenvalue weighted by Crippen LogP contribution is 2.19. The van der Waals surface area contributed by atoms with Crippen LogP contribution >= 0.6 is 0 Å². The van der Waals surface area contributed by atoms with E-state index in [-0.39, 0.29) is 0 Å². The lowest BCUT2D eigenvalue weighted by Crippen LogP contribution is -2.38. The first kappa shape index (κ1) is 19.7. The average Bonchev–Trinajstić information content (AvgIpc) is 3.42. The molecule has 0 amide bonds. The van der Waals surface area contributed by atoms with Crippen molar-refractivity contribution in [2.45, 2.75) is 26.8 Å². The van der Waals surface area contributed by atoms with Crippen LogP contribution in [-0.4, -0.2) is 39.2 Å². The van der Waals surface area contributed by atoms with E-state index >= 15 is 0 Å². The summed E-state index contributed by atoms with van der Waals surface area (Å²) in [6.07, 6.45) is 4.54. The summed E-state index contributed by atoms with van der Waals surface area (Å²) in [5.41, 5.74) is 5.90. The Hall–Kier alpha value is -3.61. The summed E-state index contributed by atoms with van der Waals surface area (Å²) in [5, 5.41) is 14.9. The molecule has 7 heteroatoms. The van der Waals surface area contributed by atoms with Gasteiger partial charge in [-0.3, -0.25) is 5.10 Å². The van der Waals surface area contributed by atoms with Crippen molar-refractivity contribution in [3.05, 3.63) is 71.7 Å². The minimum absolute atomic E-state index is 0.587. The molecule has 4 N–H and O–H groups in total. The molecule has 7 nitrogen and oxygen atoms in total. The van der Waals surface area contributed by atoms with Gasteiger partial charge in [0.05, 0.1) is 6.54 Å². The van der Waals surface area contributed by atoms with Crippen LogP contribution in [0.15, 0.2) is 60.0 Å². The first-order valence-electron chi connectivity index (χ1n) is 10.3. The monoisotopic (exact) mass is 401 g/mol. The summed E-state index contributed by atoms with van der Waals surface area (Å²) in [7, 11) is 0. The lowest BCUT2D eigenvalue weighted by Gasteiger charge is -2.11. The van der Waals surface area contributed by atoms with E-state index in [0.29, 0.717) is 6.54 Å². The molecule has 0 spiro atoms. The van der Waals surface area contributed by atoms with Crippen molar-refractivity contribution < 1.29 is 0 Å². The van der Waals surface area contributed by atoms with Gasteiger partial charge in [-0.05, 0) is 49.1 Å². The second kappa shape index (κ2) is 9.26. The van der Waals surface area contributed by atoms with Crippen LogP contribution in [0.2, 0.25) is 0 Å². The zero-order valence-corrected chi connectivity index (χ0v) is 17.4. The Morgan fingerprint density at radius 2 is 2.07 bits per heavy atom. The molecule has 2 heterocycles. The van der Waals surface area contributed by atoms with E-state index in [9.17, 15) is 0 Å². The van der Waals surface area contributed by atoms with Crippen LogP contribution in [0.5, 0.6) is 0 Å². The van der Waals surface area contributed by atoms with Gasteiger partial charge in [-0.15, -0.1) is 0 Å². The van der Waals surface area contributed by atoms with Gasteiger partial charge < -0.3 is 15.6 Å². The van der Waals surface area contributed by atoms with Crippen LogP contribution in [-0.2, 0) is 13.0 Å². The number of benzene rings is 2. The standard InChI is InChI=1S/C23H27N7/c1-3-24-23(25-10-9-19-14-26-21-11-16(2)7-8-20(19)21)27-13-17-5-4-6-18(12-17)22-28-15-29-30-22/h4-8,11-12,14-15,26H,3,9-10,13H2,1-2H3,(H2,24,25,27)(H,28,29,30). The molecule has 0 saturated heterocycles. The van der Waals surface area contributed by atoms with Crippen molar-refractivity contribution in [2.24, 2.45) is 4.99 Å². The van der Waals surface area contributed by atoms with Crippen molar-refractivity contribution in [1.29, 1.82) is 0 Å². The number of hydrogen-bond donors (Lipinski definition) is 4. The van der Waals surface area contributed by atoms with E-state index < -0.39 is 0 Å². The molecule has 0 fully saturated rings. The number of aromatic nitrogens is 4. The fourth-order valence-electron chi connectivity index (χ4n) is 3.50. The molecule has 2 aromatic carbocycles. The lowest BCUT2D eigenvalue weighted by atomic mass is 10.1. The van der Waals surface area contributed by atoms with Gasteiger partial charge in [0.2, 0.25) is 0 Å². The Labute approximate surface area is 176 Å². The van der Waals surface area contributed by atoms with Crippen molar-refractivity contribution in [1.82, 2.24) is 30.8 Å². The van der Waals surface area contributed by atoms with Crippen LogP contribution in [0.1, 0.15) is 23.6 Å². The van der Waals surface area contributed by atoms with Crippen molar-refractivity contribution in [3.63, 3.8) is 0 Å². The summed E-state index contributed by atoms with van der Waals surface area (Å²) < 4.78 is 0. The molecule has 0 unspecified atom stereocenters. The van der Waals surface area contributed by atoms with E-state index in [2.05, 4.69) is 81.2 Å². The third-order valence-corrected chi connectivity index (χ3v) is 4.99. The number of aliphatic imine (C=N–C) groups is 1. The van der Waals surface area contributed by atoms with Crippen molar-refractivity contribution in [3.8, 4) is 11.4 Å². The van der Waals surface area contributed by atoms with E-state index in [1.165, 1.54) is 28.4 Å². The Bertz CT molecular complexity index is 1130. The predicted octanol–water partition coefficient (Wildman–Crippen LogP) is 3.56. The molecule has 0 aliphatic heterocycles. The Kier molecular flexibility index (Phi) is 6.08. The number of H-pyrrole nitrogens is 2. The van der Waals surface area contributed by atoms with E-state index in [1.54, 1.807) is 0 Å². The Morgan fingerprint density at radius 3 is 2.90 bits per heavy atom. The van der Waals surface area contributed by atoms with Gasteiger partial charge in [-0.1, -0.05) is 30.3 Å². The molecule has 0 aliphatic rings. The molecule has 154 valence electrons. The third kappa shape index (κ3) is 4.68. The zero-order valence-electron chi connectivity index (χ0n) is 17.4. The molecular formula is C23H27N7. The SMILES string of the molecule is CCNC(=NCc1cccc(-c2ncn[nH]2)c1)NCCc1c[nH]c2cc(C)ccc12. The predicted molar refractivity (Wildman–Crippen MR) is 121 cm³/mol. The van der Waals surface area contributed by atoms with Crippen LogP contribution in [0.3, 0.4) is 0 Å². The van der Waals surface area contributed by atoms with Crippen LogP contribution in [0.25, 0.3) is 22.3 Å². The second-order valence-corrected chi connectivity index (χ2v) is 7.27. The minimum Gasteiger partial charge on any atom is -0.361 e. The van der Waals surface area contributed by atoms with Crippen molar-refractivity contribution in [2.75, 3.05) is 13.1 Å². The summed E-state index contributed by atoms with van der Waals surface area (Å²) >= 11 is 0. The normalized spacial score (nSPS) is 11.7. The minimum atomic E-state index is 0.587. The third-order valence-electron chi connectivity index (χ3n) is 4.99. The topological polar surface area (TPSA) is 93.8 Å². The number of aryl methyl sites for hydroxylation is 1.